The number of nitrogen functional groups attached to an aromatic ring is 1. The quantitative estimate of drug-likeness (QED) is 0.616. The van der Waals surface area contributed by atoms with Gasteiger partial charge in [-0.15, -0.1) is 0 Å². The van der Waals surface area contributed by atoms with Crippen LogP contribution < -0.4 is 10.5 Å². The number of halogens is 2. The Balaban J connectivity index is 1.57. The lowest BCUT2D eigenvalue weighted by molar-refractivity contribution is 0.0733. The Morgan fingerprint density at radius 1 is 1.19 bits per heavy atom. The first-order valence-electron chi connectivity index (χ1n) is 9.20. The number of carbonyl (C=O) groups excluding carboxylic acids is 1. The predicted octanol–water partition coefficient (Wildman–Crippen LogP) is 2.85. The molecule has 8 nitrogen and oxygen atoms in total. The molecule has 3 aromatic rings. The van der Waals surface area contributed by atoms with Crippen LogP contribution >= 0.6 is 11.6 Å². The van der Waals surface area contributed by atoms with Crippen LogP contribution in [0.3, 0.4) is 0 Å². The average molecular weight is 462 g/mol. The fourth-order valence-corrected chi connectivity index (χ4v) is 4.53. The molecule has 3 N–H and O–H groups in total. The number of nitrogens with two attached hydrogens (primary N) is 1. The first kappa shape index (κ1) is 21.0. The van der Waals surface area contributed by atoms with Gasteiger partial charge in [-0.25, -0.2) is 22.8 Å². The number of sulfonamides is 1. The number of carbonyl (C=O) groups is 1. The van der Waals surface area contributed by atoms with Crippen LogP contribution in [0.5, 0.6) is 0 Å². The van der Waals surface area contributed by atoms with Gasteiger partial charge < -0.3 is 10.6 Å². The van der Waals surface area contributed by atoms with Crippen molar-refractivity contribution in [2.75, 3.05) is 17.0 Å². The Kier molecular flexibility index (Phi) is 5.50. The molecule has 4 rings (SSSR count). The lowest BCUT2D eigenvalue weighted by atomic mass is 10.1. The molecule has 160 valence electrons. The van der Waals surface area contributed by atoms with Crippen molar-refractivity contribution in [2.24, 2.45) is 0 Å². The molecule has 31 heavy (non-hydrogen) atoms. The molecule has 1 aliphatic heterocycles. The fourth-order valence-electron chi connectivity index (χ4n) is 3.24. The molecule has 0 aliphatic carbocycles. The third-order valence-electron chi connectivity index (χ3n) is 4.82. The van der Waals surface area contributed by atoms with Crippen molar-refractivity contribution in [2.45, 2.75) is 17.9 Å². The summed E-state index contributed by atoms with van der Waals surface area (Å²) in [5.41, 5.74) is 7.53. The smallest absolute Gasteiger partial charge is 0.261 e. The summed E-state index contributed by atoms with van der Waals surface area (Å²) in [5.74, 6) is -0.656. The summed E-state index contributed by atoms with van der Waals surface area (Å²) in [6.45, 7) is 0.745. The van der Waals surface area contributed by atoms with Crippen molar-refractivity contribution in [3.05, 3.63) is 76.3 Å². The van der Waals surface area contributed by atoms with Crippen molar-refractivity contribution >= 4 is 39.2 Å². The highest BCUT2D eigenvalue weighted by atomic mass is 35.5. The standard InChI is InChI=1S/C20H17ClFN5O3S/c21-16-6-1-12(9-18(16)26-31(29,30)15-4-2-14(22)3-5-15)19(28)27-8-7-17-13(11-27)10-24-20(23)25-17/h1-6,9-10,26H,7-8,11H2,(H2,23,24,25). The van der Waals surface area contributed by atoms with Crippen molar-refractivity contribution in [1.82, 2.24) is 14.9 Å². The molecule has 11 heteroatoms. The minimum Gasteiger partial charge on any atom is -0.368 e. The number of fused-ring (bicyclic) bond motifs is 1. The van der Waals surface area contributed by atoms with Gasteiger partial charge in [0.1, 0.15) is 5.82 Å². The molecule has 0 radical (unpaired) electrons. The number of rotatable bonds is 4. The van der Waals surface area contributed by atoms with Crippen molar-refractivity contribution in [3.63, 3.8) is 0 Å². The van der Waals surface area contributed by atoms with Crippen LogP contribution in [0.2, 0.25) is 5.02 Å². The van der Waals surface area contributed by atoms with Crippen molar-refractivity contribution in [3.8, 4) is 0 Å². The van der Waals surface area contributed by atoms with E-state index in [0.717, 1.165) is 35.5 Å². The topological polar surface area (TPSA) is 118 Å². The molecule has 0 atom stereocenters. The SMILES string of the molecule is Nc1ncc2c(n1)CCN(C(=O)c1ccc(Cl)c(NS(=O)(=O)c3ccc(F)cc3)c1)C2. The Bertz CT molecular complexity index is 1270. The van der Waals surface area contributed by atoms with E-state index in [0.29, 0.717) is 19.5 Å². The molecule has 1 aromatic heterocycles. The molecule has 0 unspecified atom stereocenters. The molecule has 1 amide bonds. The van der Waals surface area contributed by atoms with Gasteiger partial charge in [0, 0.05) is 36.8 Å². The van der Waals surface area contributed by atoms with E-state index >= 15 is 0 Å². The van der Waals surface area contributed by atoms with Gasteiger partial charge in [-0.05, 0) is 42.5 Å². The fraction of sp³-hybridized carbons (Fsp3) is 0.150. The lowest BCUT2D eigenvalue weighted by Crippen LogP contribution is -2.36. The molecule has 2 heterocycles. The van der Waals surface area contributed by atoms with Gasteiger partial charge in [-0.1, -0.05) is 11.6 Å². The van der Waals surface area contributed by atoms with Gasteiger partial charge in [-0.3, -0.25) is 9.52 Å². The van der Waals surface area contributed by atoms with E-state index in [4.69, 9.17) is 17.3 Å². The van der Waals surface area contributed by atoms with E-state index in [-0.39, 0.29) is 33.0 Å². The molecule has 0 saturated heterocycles. The average Bonchev–Trinajstić information content (AvgIpc) is 2.74. The number of aromatic nitrogens is 2. The van der Waals surface area contributed by atoms with Gasteiger partial charge in [0.15, 0.2) is 0 Å². The van der Waals surface area contributed by atoms with Crippen LogP contribution in [0, 0.1) is 5.82 Å². The predicted molar refractivity (Wildman–Crippen MR) is 114 cm³/mol. The molecular weight excluding hydrogens is 445 g/mol. The zero-order valence-corrected chi connectivity index (χ0v) is 17.6. The number of benzene rings is 2. The number of hydrogen-bond acceptors (Lipinski definition) is 6. The Morgan fingerprint density at radius 2 is 1.94 bits per heavy atom. The van der Waals surface area contributed by atoms with E-state index in [1.165, 1.54) is 18.2 Å². The number of nitrogens with one attached hydrogen (secondary N) is 1. The zero-order chi connectivity index (χ0) is 22.2. The summed E-state index contributed by atoms with van der Waals surface area (Å²) in [6, 6.07) is 8.71. The van der Waals surface area contributed by atoms with Crippen LogP contribution in [0.1, 0.15) is 21.6 Å². The second kappa shape index (κ2) is 8.12. The molecule has 1 aliphatic rings. The second-order valence-electron chi connectivity index (χ2n) is 6.93. The van der Waals surface area contributed by atoms with Gasteiger partial charge in [0.25, 0.3) is 15.9 Å². The molecule has 0 bridgehead atoms. The third kappa shape index (κ3) is 4.44. The highest BCUT2D eigenvalue weighted by Gasteiger charge is 2.24. The van der Waals surface area contributed by atoms with Crippen LogP contribution in [0.25, 0.3) is 0 Å². The molecular formula is C20H17ClFN5O3S. The third-order valence-corrected chi connectivity index (χ3v) is 6.53. The van der Waals surface area contributed by atoms with Crippen LogP contribution in [-0.2, 0) is 23.0 Å². The maximum Gasteiger partial charge on any atom is 0.261 e. The summed E-state index contributed by atoms with van der Waals surface area (Å²) in [5, 5.41) is 0.120. The minimum absolute atomic E-state index is 0.0466. The number of nitrogens with zero attached hydrogens (tertiary/aromatic N) is 3. The van der Waals surface area contributed by atoms with E-state index in [1.807, 2.05) is 0 Å². The van der Waals surface area contributed by atoms with Gasteiger partial charge in [-0.2, -0.15) is 0 Å². The van der Waals surface area contributed by atoms with Crippen molar-refractivity contribution in [1.29, 1.82) is 0 Å². The Hall–Kier alpha value is -3.24. The first-order valence-corrected chi connectivity index (χ1v) is 11.1. The molecule has 0 fully saturated rings. The summed E-state index contributed by atoms with van der Waals surface area (Å²) >= 11 is 6.15. The summed E-state index contributed by atoms with van der Waals surface area (Å²) < 4.78 is 40.7. The summed E-state index contributed by atoms with van der Waals surface area (Å²) in [4.78, 5) is 22.7. The Labute approximate surface area is 182 Å². The minimum atomic E-state index is -4.02. The van der Waals surface area contributed by atoms with Gasteiger partial charge in [0.05, 0.1) is 21.3 Å². The van der Waals surface area contributed by atoms with Crippen LogP contribution in [0.15, 0.2) is 53.6 Å². The van der Waals surface area contributed by atoms with E-state index < -0.39 is 15.8 Å². The van der Waals surface area contributed by atoms with Gasteiger partial charge in [0.2, 0.25) is 5.95 Å². The number of anilines is 2. The second-order valence-corrected chi connectivity index (χ2v) is 9.02. The zero-order valence-electron chi connectivity index (χ0n) is 16.0. The first-order chi connectivity index (χ1) is 14.7. The monoisotopic (exact) mass is 461 g/mol. The lowest BCUT2D eigenvalue weighted by Gasteiger charge is -2.28. The summed E-state index contributed by atoms with van der Waals surface area (Å²) in [7, 11) is -4.02. The van der Waals surface area contributed by atoms with E-state index in [1.54, 1.807) is 11.1 Å². The number of hydrogen-bond donors (Lipinski definition) is 2. The van der Waals surface area contributed by atoms with Crippen LogP contribution in [-0.4, -0.2) is 35.7 Å². The largest absolute Gasteiger partial charge is 0.368 e. The normalized spacial score (nSPS) is 13.5. The highest BCUT2D eigenvalue weighted by Crippen LogP contribution is 2.27. The van der Waals surface area contributed by atoms with E-state index in [2.05, 4.69) is 14.7 Å². The highest BCUT2D eigenvalue weighted by molar-refractivity contribution is 7.92. The number of amides is 1. The maximum absolute atomic E-state index is 13.1. The molecule has 2 aromatic carbocycles. The van der Waals surface area contributed by atoms with Crippen molar-refractivity contribution < 1.29 is 17.6 Å². The summed E-state index contributed by atoms with van der Waals surface area (Å²) in [6.07, 6.45) is 2.13. The Morgan fingerprint density at radius 3 is 2.68 bits per heavy atom. The van der Waals surface area contributed by atoms with Crippen LogP contribution in [0.4, 0.5) is 16.0 Å². The molecule has 0 spiro atoms. The maximum atomic E-state index is 13.1. The van der Waals surface area contributed by atoms with E-state index in [9.17, 15) is 17.6 Å². The molecule has 0 saturated carbocycles. The van der Waals surface area contributed by atoms with Gasteiger partial charge >= 0.3 is 0 Å².